The first kappa shape index (κ1) is 17.7. The van der Waals surface area contributed by atoms with Crippen LogP contribution in [0.1, 0.15) is 6.92 Å². The first-order chi connectivity index (χ1) is 12.9. The van der Waals surface area contributed by atoms with E-state index in [0.29, 0.717) is 21.4 Å². The summed E-state index contributed by atoms with van der Waals surface area (Å²) in [7, 11) is 0. The van der Waals surface area contributed by atoms with Gasteiger partial charge in [-0.1, -0.05) is 29.3 Å². The Bertz CT molecular complexity index is 1000. The molecule has 8 heteroatoms. The second-order valence-electron chi connectivity index (χ2n) is 6.28. The van der Waals surface area contributed by atoms with Crippen LogP contribution in [0.15, 0.2) is 53.6 Å². The van der Waals surface area contributed by atoms with Gasteiger partial charge in [0.05, 0.1) is 11.4 Å². The number of amides is 2. The Morgan fingerprint density at radius 3 is 2.30 bits per heavy atom. The van der Waals surface area contributed by atoms with Crippen molar-refractivity contribution in [3.63, 3.8) is 0 Å². The van der Waals surface area contributed by atoms with Crippen LogP contribution >= 0.6 is 23.2 Å². The Morgan fingerprint density at radius 1 is 0.963 bits per heavy atom. The molecule has 2 aliphatic heterocycles. The van der Waals surface area contributed by atoms with Crippen molar-refractivity contribution in [2.45, 2.75) is 13.0 Å². The summed E-state index contributed by atoms with van der Waals surface area (Å²) in [6.45, 7) is 1.33. The molecule has 6 nitrogen and oxygen atoms in total. The van der Waals surface area contributed by atoms with Crippen LogP contribution in [0.4, 0.5) is 11.4 Å². The second-order valence-corrected chi connectivity index (χ2v) is 7.15. The van der Waals surface area contributed by atoms with Gasteiger partial charge in [-0.2, -0.15) is 5.10 Å². The summed E-state index contributed by atoms with van der Waals surface area (Å²) in [5.74, 6) is -2.25. The van der Waals surface area contributed by atoms with Crippen molar-refractivity contribution < 1.29 is 14.4 Å². The molecule has 0 aliphatic carbocycles. The highest BCUT2D eigenvalue weighted by atomic mass is 35.5. The zero-order chi connectivity index (χ0) is 19.3. The summed E-state index contributed by atoms with van der Waals surface area (Å²) in [5, 5.41) is 6.63. The van der Waals surface area contributed by atoms with Crippen molar-refractivity contribution in [3.8, 4) is 0 Å². The minimum absolute atomic E-state index is 0.0674. The van der Waals surface area contributed by atoms with Crippen LogP contribution in [0.3, 0.4) is 0 Å². The summed E-state index contributed by atoms with van der Waals surface area (Å²) in [6, 6.07) is 12.2. The van der Waals surface area contributed by atoms with E-state index in [4.69, 9.17) is 23.2 Å². The Kier molecular flexibility index (Phi) is 4.25. The molecule has 2 aromatic carbocycles. The number of carbonyl (C=O) groups is 3. The maximum absolute atomic E-state index is 13.1. The van der Waals surface area contributed by atoms with E-state index in [1.807, 2.05) is 0 Å². The van der Waals surface area contributed by atoms with Crippen LogP contribution in [-0.4, -0.2) is 29.4 Å². The summed E-state index contributed by atoms with van der Waals surface area (Å²) in [5.41, 5.74) is 1.00. The van der Waals surface area contributed by atoms with Gasteiger partial charge in [-0.05, 0) is 42.5 Å². The summed E-state index contributed by atoms with van der Waals surface area (Å²) in [6.07, 6.45) is 0. The molecule has 0 spiro atoms. The van der Waals surface area contributed by atoms with Gasteiger partial charge in [-0.3, -0.25) is 19.4 Å². The Balaban J connectivity index is 1.80. The van der Waals surface area contributed by atoms with Crippen molar-refractivity contribution >= 4 is 57.9 Å². The first-order valence-electron chi connectivity index (χ1n) is 8.16. The van der Waals surface area contributed by atoms with Crippen molar-refractivity contribution in [2.75, 3.05) is 9.91 Å². The number of anilines is 2. The summed E-state index contributed by atoms with van der Waals surface area (Å²) < 4.78 is 0. The molecule has 0 radical (unpaired) electrons. The third kappa shape index (κ3) is 2.81. The molecule has 1 fully saturated rings. The molecule has 0 aromatic heterocycles. The van der Waals surface area contributed by atoms with Crippen LogP contribution in [0, 0.1) is 5.92 Å². The third-order valence-electron chi connectivity index (χ3n) is 4.57. The van der Waals surface area contributed by atoms with E-state index in [1.54, 1.807) is 42.5 Å². The van der Waals surface area contributed by atoms with Gasteiger partial charge in [0.1, 0.15) is 17.7 Å². The zero-order valence-corrected chi connectivity index (χ0v) is 15.6. The van der Waals surface area contributed by atoms with Crippen LogP contribution < -0.4 is 9.91 Å². The number of carbonyl (C=O) groups excluding carboxylic acids is 3. The number of fused-ring (bicyclic) bond motifs is 1. The van der Waals surface area contributed by atoms with Crippen molar-refractivity contribution in [3.05, 3.63) is 58.6 Å². The number of nitrogens with zero attached hydrogens (tertiary/aromatic N) is 3. The molecular formula is C19H13Cl2N3O3. The van der Waals surface area contributed by atoms with Gasteiger partial charge in [-0.25, -0.2) is 4.90 Å². The maximum atomic E-state index is 13.1. The average Bonchev–Trinajstić information content (AvgIpc) is 3.13. The van der Waals surface area contributed by atoms with Crippen LogP contribution in [0.2, 0.25) is 10.0 Å². The molecule has 27 heavy (non-hydrogen) atoms. The summed E-state index contributed by atoms with van der Waals surface area (Å²) in [4.78, 5) is 39.3. The Morgan fingerprint density at radius 2 is 1.67 bits per heavy atom. The van der Waals surface area contributed by atoms with E-state index in [1.165, 1.54) is 18.0 Å². The highest BCUT2D eigenvalue weighted by Crippen LogP contribution is 2.38. The fourth-order valence-corrected chi connectivity index (χ4v) is 3.69. The Hall–Kier alpha value is -2.70. The SMILES string of the molecule is CC(=O)C1=NN(c2ccc(Cl)cc2)[C@@H]2C(=O)N(c3cccc(Cl)c3)C(=O)[C@@H]12. The third-order valence-corrected chi connectivity index (χ3v) is 5.05. The van der Waals surface area contributed by atoms with Crippen LogP contribution in [0.5, 0.6) is 0 Å². The molecule has 0 unspecified atom stereocenters. The second kappa shape index (κ2) is 6.48. The van der Waals surface area contributed by atoms with E-state index in [-0.39, 0.29) is 11.5 Å². The van der Waals surface area contributed by atoms with E-state index in [0.717, 1.165) is 4.90 Å². The lowest BCUT2D eigenvalue weighted by Gasteiger charge is -2.22. The number of Topliss-reactive ketones (excluding diaryl/α,β-unsaturated/α-hetero) is 1. The van der Waals surface area contributed by atoms with E-state index in [9.17, 15) is 14.4 Å². The highest BCUT2D eigenvalue weighted by Gasteiger charge is 2.58. The quantitative estimate of drug-likeness (QED) is 0.739. The topological polar surface area (TPSA) is 70.1 Å². The standard InChI is InChI=1S/C19H13Cl2N3O3/c1-10(25)16-15-17(24(22-16)13-7-5-11(20)6-8-13)19(27)23(18(15)26)14-4-2-3-12(21)9-14/h2-9,15,17H,1H3/t15-,17-/m0/s1. The maximum Gasteiger partial charge on any atom is 0.259 e. The van der Waals surface area contributed by atoms with Crippen molar-refractivity contribution in [2.24, 2.45) is 11.0 Å². The molecule has 2 heterocycles. The van der Waals surface area contributed by atoms with Crippen LogP contribution in [-0.2, 0) is 14.4 Å². The lowest BCUT2D eigenvalue weighted by molar-refractivity contribution is -0.122. The Labute approximate surface area is 165 Å². The fourth-order valence-electron chi connectivity index (χ4n) is 3.38. The van der Waals surface area contributed by atoms with Gasteiger partial charge < -0.3 is 0 Å². The predicted octanol–water partition coefficient (Wildman–Crippen LogP) is 3.32. The molecule has 2 aliphatic rings. The number of rotatable bonds is 3. The van der Waals surface area contributed by atoms with E-state index >= 15 is 0 Å². The molecule has 0 bridgehead atoms. The molecule has 0 saturated carbocycles. The minimum Gasteiger partial charge on any atom is -0.293 e. The van der Waals surface area contributed by atoms with Gasteiger partial charge in [0.2, 0.25) is 5.91 Å². The molecule has 2 aromatic rings. The molecule has 136 valence electrons. The number of ketones is 1. The fraction of sp³-hybridized carbons (Fsp3) is 0.158. The summed E-state index contributed by atoms with van der Waals surface area (Å²) >= 11 is 11.9. The van der Waals surface area contributed by atoms with Gasteiger partial charge in [0, 0.05) is 17.0 Å². The number of imide groups is 1. The van der Waals surface area contributed by atoms with Crippen LogP contribution in [0.25, 0.3) is 0 Å². The van der Waals surface area contributed by atoms with Gasteiger partial charge in [0.15, 0.2) is 5.78 Å². The van der Waals surface area contributed by atoms with Crippen molar-refractivity contribution in [1.29, 1.82) is 0 Å². The predicted molar refractivity (Wildman–Crippen MR) is 103 cm³/mol. The number of hydrazone groups is 1. The molecular weight excluding hydrogens is 389 g/mol. The van der Waals surface area contributed by atoms with Crippen molar-refractivity contribution in [1.82, 2.24) is 0 Å². The van der Waals surface area contributed by atoms with Gasteiger partial charge >= 0.3 is 0 Å². The first-order valence-corrected chi connectivity index (χ1v) is 8.91. The van der Waals surface area contributed by atoms with Gasteiger partial charge in [-0.15, -0.1) is 0 Å². The highest BCUT2D eigenvalue weighted by molar-refractivity contribution is 6.49. The smallest absolute Gasteiger partial charge is 0.259 e. The number of hydrogen-bond donors (Lipinski definition) is 0. The number of benzene rings is 2. The average molecular weight is 402 g/mol. The molecule has 2 atom stereocenters. The number of halogens is 2. The molecule has 4 rings (SSSR count). The zero-order valence-electron chi connectivity index (χ0n) is 14.1. The number of hydrogen-bond acceptors (Lipinski definition) is 5. The molecule has 2 amide bonds. The van der Waals surface area contributed by atoms with E-state index < -0.39 is 23.8 Å². The minimum atomic E-state index is -0.954. The van der Waals surface area contributed by atoms with E-state index in [2.05, 4.69) is 5.10 Å². The monoisotopic (exact) mass is 401 g/mol. The van der Waals surface area contributed by atoms with Gasteiger partial charge in [0.25, 0.3) is 5.91 Å². The molecule has 1 saturated heterocycles. The largest absolute Gasteiger partial charge is 0.293 e. The normalized spacial score (nSPS) is 21.5. The lowest BCUT2D eigenvalue weighted by Crippen LogP contribution is -2.39. The molecule has 0 N–H and O–H groups in total. The lowest BCUT2D eigenvalue weighted by atomic mass is 9.95.